The zero-order chi connectivity index (χ0) is 16.7. The molecule has 0 aliphatic heterocycles. The molecule has 0 aromatic heterocycles. The summed E-state index contributed by atoms with van der Waals surface area (Å²) in [6.07, 6.45) is 0.992. The summed E-state index contributed by atoms with van der Waals surface area (Å²) in [4.78, 5) is 12.0. The molecule has 0 saturated carbocycles. The lowest BCUT2D eigenvalue weighted by Crippen LogP contribution is -2.14. The molecule has 0 unspecified atom stereocenters. The average molecular weight is 314 g/mol. The molecule has 0 aliphatic carbocycles. The Labute approximate surface area is 136 Å². The van der Waals surface area contributed by atoms with Gasteiger partial charge in [0, 0.05) is 12.5 Å². The molecule has 1 amide bonds. The minimum absolute atomic E-state index is 0.0993. The number of hydrogen-bond acceptors (Lipinski definition) is 4. The molecule has 23 heavy (non-hydrogen) atoms. The molecule has 0 bridgehead atoms. The van der Waals surface area contributed by atoms with E-state index in [-0.39, 0.29) is 5.91 Å². The van der Waals surface area contributed by atoms with Crippen molar-refractivity contribution in [1.82, 2.24) is 0 Å². The lowest BCUT2D eigenvalue weighted by atomic mass is 10.2. The van der Waals surface area contributed by atoms with Crippen LogP contribution in [-0.2, 0) is 4.79 Å². The third kappa shape index (κ3) is 5.21. The van der Waals surface area contributed by atoms with Crippen LogP contribution in [0, 0.1) is 6.92 Å². The van der Waals surface area contributed by atoms with Gasteiger partial charge in [0.05, 0.1) is 25.1 Å². The Balaban J connectivity index is 1.77. The molecule has 0 fully saturated rings. The van der Waals surface area contributed by atoms with E-state index in [1.54, 1.807) is 25.3 Å². The van der Waals surface area contributed by atoms with E-state index >= 15 is 0 Å². The topological polar surface area (TPSA) is 73.6 Å². The van der Waals surface area contributed by atoms with E-state index in [2.05, 4.69) is 5.32 Å². The van der Waals surface area contributed by atoms with Gasteiger partial charge in [-0.05, 0) is 43.2 Å². The molecule has 2 aromatic rings. The van der Waals surface area contributed by atoms with Gasteiger partial charge in [-0.1, -0.05) is 12.1 Å². The number of methoxy groups -OCH3 is 1. The highest BCUT2D eigenvalue weighted by molar-refractivity contribution is 5.94. The normalized spacial score (nSPS) is 10.2. The maximum atomic E-state index is 12.0. The minimum Gasteiger partial charge on any atom is -0.497 e. The first-order valence-electron chi connectivity index (χ1n) is 7.51. The summed E-state index contributed by atoms with van der Waals surface area (Å²) in [6.45, 7) is 2.50. The van der Waals surface area contributed by atoms with Crippen LogP contribution < -0.4 is 20.5 Å². The zero-order valence-electron chi connectivity index (χ0n) is 13.5. The predicted molar refractivity (Wildman–Crippen MR) is 91.9 cm³/mol. The van der Waals surface area contributed by atoms with Crippen LogP contribution in [0.15, 0.2) is 42.5 Å². The summed E-state index contributed by atoms with van der Waals surface area (Å²) in [5.74, 6) is 1.37. The monoisotopic (exact) mass is 314 g/mol. The quantitative estimate of drug-likeness (QED) is 0.607. The fraction of sp³-hybridized carbons (Fsp3) is 0.278. The first kappa shape index (κ1) is 16.7. The molecule has 2 aromatic carbocycles. The fourth-order valence-electron chi connectivity index (χ4n) is 2.11. The van der Waals surface area contributed by atoms with Gasteiger partial charge in [-0.2, -0.15) is 0 Å². The van der Waals surface area contributed by atoms with Crippen molar-refractivity contribution in [2.24, 2.45) is 0 Å². The molecular weight excluding hydrogens is 292 g/mol. The number of anilines is 2. The Bertz CT molecular complexity index is 671. The van der Waals surface area contributed by atoms with Crippen LogP contribution in [0.4, 0.5) is 11.4 Å². The third-order valence-corrected chi connectivity index (χ3v) is 3.34. The van der Waals surface area contributed by atoms with Crippen molar-refractivity contribution < 1.29 is 14.3 Å². The molecule has 5 heteroatoms. The minimum atomic E-state index is -0.0993. The Morgan fingerprint density at radius 2 is 2.00 bits per heavy atom. The number of carbonyl (C=O) groups is 1. The molecule has 0 atom stereocenters. The van der Waals surface area contributed by atoms with Crippen LogP contribution >= 0.6 is 0 Å². The summed E-state index contributed by atoms with van der Waals surface area (Å²) in [6, 6.07) is 13.0. The number of amides is 1. The number of nitrogens with two attached hydrogens (primary N) is 1. The molecule has 0 radical (unpaired) electrons. The SMILES string of the molecule is COc1ccc(N)c(NC(=O)CCCOc2cccc(C)c2)c1. The van der Waals surface area contributed by atoms with Crippen molar-refractivity contribution >= 4 is 17.3 Å². The zero-order valence-corrected chi connectivity index (χ0v) is 13.5. The maximum Gasteiger partial charge on any atom is 0.224 e. The number of nitrogens with one attached hydrogen (secondary N) is 1. The van der Waals surface area contributed by atoms with E-state index in [1.807, 2.05) is 31.2 Å². The van der Waals surface area contributed by atoms with Crippen LogP contribution in [0.2, 0.25) is 0 Å². The summed E-state index contributed by atoms with van der Waals surface area (Å²) in [5, 5.41) is 2.79. The molecule has 122 valence electrons. The van der Waals surface area contributed by atoms with E-state index in [9.17, 15) is 4.79 Å². The van der Waals surface area contributed by atoms with E-state index in [1.165, 1.54) is 0 Å². The molecule has 5 nitrogen and oxygen atoms in total. The summed E-state index contributed by atoms with van der Waals surface area (Å²) in [5.41, 5.74) is 8.06. The van der Waals surface area contributed by atoms with Gasteiger partial charge in [0.2, 0.25) is 5.91 Å². The lowest BCUT2D eigenvalue weighted by molar-refractivity contribution is -0.116. The summed E-state index contributed by atoms with van der Waals surface area (Å²) >= 11 is 0. The molecule has 0 heterocycles. The van der Waals surface area contributed by atoms with Gasteiger partial charge in [0.25, 0.3) is 0 Å². The van der Waals surface area contributed by atoms with Crippen LogP contribution in [-0.4, -0.2) is 19.6 Å². The largest absolute Gasteiger partial charge is 0.497 e. The number of ether oxygens (including phenoxy) is 2. The molecule has 0 aliphatic rings. The second-order valence-electron chi connectivity index (χ2n) is 5.27. The fourth-order valence-corrected chi connectivity index (χ4v) is 2.11. The Kier molecular flexibility index (Phi) is 5.86. The summed E-state index contributed by atoms with van der Waals surface area (Å²) in [7, 11) is 1.57. The lowest BCUT2D eigenvalue weighted by Gasteiger charge is -2.10. The van der Waals surface area contributed by atoms with Crippen molar-refractivity contribution in [3.8, 4) is 11.5 Å². The summed E-state index contributed by atoms with van der Waals surface area (Å²) < 4.78 is 10.7. The molecular formula is C18H22N2O3. The molecule has 0 spiro atoms. The maximum absolute atomic E-state index is 12.0. The number of nitrogen functional groups attached to an aromatic ring is 1. The predicted octanol–water partition coefficient (Wildman–Crippen LogP) is 3.38. The number of carbonyl (C=O) groups excluding carboxylic acids is 1. The number of hydrogen-bond donors (Lipinski definition) is 2. The van der Waals surface area contributed by atoms with Crippen molar-refractivity contribution in [1.29, 1.82) is 0 Å². The third-order valence-electron chi connectivity index (χ3n) is 3.34. The van der Waals surface area contributed by atoms with Crippen molar-refractivity contribution in [3.05, 3.63) is 48.0 Å². The van der Waals surface area contributed by atoms with Crippen molar-refractivity contribution in [2.45, 2.75) is 19.8 Å². The van der Waals surface area contributed by atoms with Gasteiger partial charge >= 0.3 is 0 Å². The average Bonchev–Trinajstić information content (AvgIpc) is 2.54. The smallest absolute Gasteiger partial charge is 0.224 e. The Morgan fingerprint density at radius 1 is 1.17 bits per heavy atom. The molecule has 3 N–H and O–H groups in total. The molecule has 2 rings (SSSR count). The highest BCUT2D eigenvalue weighted by Crippen LogP contribution is 2.24. The Morgan fingerprint density at radius 3 is 2.74 bits per heavy atom. The van der Waals surface area contributed by atoms with Crippen LogP contribution in [0.3, 0.4) is 0 Å². The van der Waals surface area contributed by atoms with Crippen LogP contribution in [0.1, 0.15) is 18.4 Å². The van der Waals surface area contributed by atoms with Gasteiger partial charge in [-0.15, -0.1) is 0 Å². The second-order valence-corrected chi connectivity index (χ2v) is 5.27. The number of aryl methyl sites for hydroxylation is 1. The first-order chi connectivity index (χ1) is 11.1. The van der Waals surface area contributed by atoms with Gasteiger partial charge in [0.1, 0.15) is 11.5 Å². The first-order valence-corrected chi connectivity index (χ1v) is 7.51. The van der Waals surface area contributed by atoms with E-state index in [0.717, 1.165) is 11.3 Å². The Hall–Kier alpha value is -2.69. The van der Waals surface area contributed by atoms with E-state index in [4.69, 9.17) is 15.2 Å². The number of benzene rings is 2. The van der Waals surface area contributed by atoms with Crippen molar-refractivity contribution in [2.75, 3.05) is 24.8 Å². The van der Waals surface area contributed by atoms with Crippen molar-refractivity contribution in [3.63, 3.8) is 0 Å². The number of rotatable bonds is 7. The van der Waals surface area contributed by atoms with Gasteiger partial charge < -0.3 is 20.5 Å². The highest BCUT2D eigenvalue weighted by atomic mass is 16.5. The van der Waals surface area contributed by atoms with Gasteiger partial charge in [-0.25, -0.2) is 0 Å². The van der Waals surface area contributed by atoms with Crippen LogP contribution in [0.25, 0.3) is 0 Å². The van der Waals surface area contributed by atoms with E-state index < -0.39 is 0 Å². The molecule has 0 saturated heterocycles. The van der Waals surface area contributed by atoms with Crippen LogP contribution in [0.5, 0.6) is 11.5 Å². The second kappa shape index (κ2) is 8.08. The van der Waals surface area contributed by atoms with E-state index in [0.29, 0.717) is 36.6 Å². The van der Waals surface area contributed by atoms with Gasteiger partial charge in [-0.3, -0.25) is 4.79 Å². The standard InChI is InChI=1S/C18H22N2O3/c1-13-5-3-6-15(11-13)23-10-4-7-18(21)20-17-12-14(22-2)8-9-16(17)19/h3,5-6,8-9,11-12H,4,7,10,19H2,1-2H3,(H,20,21). The van der Waals surface area contributed by atoms with Gasteiger partial charge in [0.15, 0.2) is 0 Å². The highest BCUT2D eigenvalue weighted by Gasteiger charge is 2.07.